The summed E-state index contributed by atoms with van der Waals surface area (Å²) in [6, 6.07) is 9.45. The molecule has 0 aliphatic carbocycles. The van der Waals surface area contributed by atoms with Gasteiger partial charge in [0.05, 0.1) is 10.7 Å². The monoisotopic (exact) mass is 557 g/mol. The lowest BCUT2D eigenvalue weighted by molar-refractivity contribution is -0.141. The van der Waals surface area contributed by atoms with E-state index in [9.17, 15) is 14.4 Å². The van der Waals surface area contributed by atoms with Crippen LogP contribution in [0.15, 0.2) is 36.4 Å². The van der Waals surface area contributed by atoms with Crippen molar-refractivity contribution in [2.75, 3.05) is 11.9 Å². The Bertz CT molecular complexity index is 1130. The predicted octanol–water partition coefficient (Wildman–Crippen LogP) is 7.12. The molecule has 2 aromatic rings. The first kappa shape index (κ1) is 32.2. The Morgan fingerprint density at radius 3 is 2.15 bits per heavy atom. The van der Waals surface area contributed by atoms with E-state index in [2.05, 4.69) is 10.6 Å². The van der Waals surface area contributed by atoms with Crippen molar-refractivity contribution in [3.05, 3.63) is 63.7 Å². The van der Waals surface area contributed by atoms with Crippen molar-refractivity contribution in [2.24, 2.45) is 5.92 Å². The van der Waals surface area contributed by atoms with Crippen molar-refractivity contribution in [1.82, 2.24) is 10.2 Å². The lowest BCUT2D eigenvalue weighted by Crippen LogP contribution is -2.54. The molecule has 2 rings (SSSR count). The maximum atomic E-state index is 14.2. The number of nitrogens with one attached hydrogen (secondary N) is 2. The van der Waals surface area contributed by atoms with E-state index in [1.165, 1.54) is 0 Å². The number of carbonyl (C=O) groups is 3. The number of halogens is 1. The van der Waals surface area contributed by atoms with Crippen molar-refractivity contribution >= 4 is 35.2 Å². The van der Waals surface area contributed by atoms with E-state index in [1.54, 1.807) is 31.7 Å². The van der Waals surface area contributed by atoms with Crippen molar-refractivity contribution < 1.29 is 19.1 Å². The third-order valence-electron chi connectivity index (χ3n) is 6.23. The molecule has 0 bridgehead atoms. The van der Waals surface area contributed by atoms with Crippen LogP contribution in [0.3, 0.4) is 0 Å². The third kappa shape index (κ3) is 9.27. The minimum Gasteiger partial charge on any atom is -0.444 e. The van der Waals surface area contributed by atoms with E-state index in [1.807, 2.05) is 71.9 Å². The summed E-state index contributed by atoms with van der Waals surface area (Å²) in [5, 5.41) is 6.17. The molecular weight excluding hydrogens is 514 g/mol. The van der Waals surface area contributed by atoms with Crippen molar-refractivity contribution in [3.63, 3.8) is 0 Å². The minimum atomic E-state index is -0.944. The number of nitrogens with zero attached hydrogens (tertiary/aromatic N) is 1. The van der Waals surface area contributed by atoms with Crippen LogP contribution in [0, 0.1) is 26.7 Å². The summed E-state index contributed by atoms with van der Waals surface area (Å²) >= 11 is 6.45. The fraction of sp³-hybridized carbons (Fsp3) is 0.516. The number of alkyl carbamates (subject to hydrolysis) is 1. The van der Waals surface area contributed by atoms with Crippen LogP contribution in [0.4, 0.5) is 10.5 Å². The van der Waals surface area contributed by atoms with Gasteiger partial charge < -0.3 is 20.3 Å². The molecule has 2 atom stereocenters. The van der Waals surface area contributed by atoms with Gasteiger partial charge in [-0.3, -0.25) is 9.59 Å². The first-order valence-corrected chi connectivity index (χ1v) is 14.0. The van der Waals surface area contributed by atoms with Crippen LogP contribution in [0.1, 0.15) is 82.7 Å². The second kappa shape index (κ2) is 13.8. The normalized spacial score (nSPS) is 13.0. The van der Waals surface area contributed by atoms with Gasteiger partial charge in [0.2, 0.25) is 5.91 Å². The first-order chi connectivity index (χ1) is 18.1. The number of hydrogen-bond acceptors (Lipinski definition) is 4. The number of carbonyl (C=O) groups excluding carboxylic acids is 3. The molecule has 0 saturated carbocycles. The number of para-hydroxylation sites is 1. The summed E-state index contributed by atoms with van der Waals surface area (Å²) in [7, 11) is 0. The molecule has 214 valence electrons. The molecule has 2 N–H and O–H groups in total. The Hall–Kier alpha value is -3.06. The zero-order valence-corrected chi connectivity index (χ0v) is 25.5. The quantitative estimate of drug-likeness (QED) is 0.325. The molecule has 0 fully saturated rings. The van der Waals surface area contributed by atoms with Gasteiger partial charge in [-0.2, -0.15) is 0 Å². The van der Waals surface area contributed by atoms with Gasteiger partial charge in [-0.15, -0.1) is 0 Å². The highest BCUT2D eigenvalue weighted by atomic mass is 35.5. The highest BCUT2D eigenvalue weighted by Gasteiger charge is 2.37. The second-order valence-electron chi connectivity index (χ2n) is 11.5. The number of aryl methyl sites for hydroxylation is 3. The number of rotatable bonds is 10. The number of unbranched alkanes of at least 4 members (excludes halogenated alkanes) is 1. The number of ether oxygens (including phenoxy) is 1. The predicted molar refractivity (Wildman–Crippen MR) is 158 cm³/mol. The summed E-state index contributed by atoms with van der Waals surface area (Å²) in [6.07, 6.45) is 0.826. The molecule has 0 heterocycles. The summed E-state index contributed by atoms with van der Waals surface area (Å²) in [5.41, 5.74) is 3.25. The summed E-state index contributed by atoms with van der Waals surface area (Å²) in [4.78, 5) is 42.6. The van der Waals surface area contributed by atoms with E-state index in [-0.39, 0.29) is 17.7 Å². The van der Waals surface area contributed by atoms with Gasteiger partial charge in [-0.05, 0) is 71.1 Å². The average molecular weight is 558 g/mol. The number of anilines is 1. The zero-order chi connectivity index (χ0) is 29.5. The molecule has 0 radical (unpaired) electrons. The molecule has 0 aromatic heterocycles. The first-order valence-electron chi connectivity index (χ1n) is 13.6. The third-order valence-corrected chi connectivity index (χ3v) is 6.55. The van der Waals surface area contributed by atoms with Gasteiger partial charge in [0, 0.05) is 6.54 Å². The lowest BCUT2D eigenvalue weighted by atomic mass is 9.96. The van der Waals surface area contributed by atoms with Gasteiger partial charge in [0.1, 0.15) is 17.7 Å². The molecule has 0 saturated heterocycles. The molecule has 7 nitrogen and oxygen atoms in total. The molecule has 0 aliphatic rings. The van der Waals surface area contributed by atoms with E-state index in [0.717, 1.165) is 23.1 Å². The SMILES string of the molecule is CCCCN(C(=O)C(NC(=O)OC(C)(C)C)C(C)C)C(C(=O)Nc1c(C)cccc1Cl)c1cc(C)cc(C)c1. The smallest absolute Gasteiger partial charge is 0.408 e. The number of amides is 3. The van der Waals surface area contributed by atoms with E-state index in [0.29, 0.717) is 29.2 Å². The minimum absolute atomic E-state index is 0.247. The molecule has 0 aliphatic heterocycles. The standard InChI is InChI=1S/C31H44ClN3O4/c1-10-11-15-35(29(37)25(19(2)3)34-30(38)39-31(7,8)9)27(23-17-20(4)16-21(5)18-23)28(36)33-26-22(6)13-12-14-24(26)32/h12-14,16-19,25,27H,10-11,15H2,1-9H3,(H,33,36)(H,34,38). The highest BCUT2D eigenvalue weighted by molar-refractivity contribution is 6.34. The molecule has 8 heteroatoms. The number of benzene rings is 2. The molecule has 3 amide bonds. The maximum absolute atomic E-state index is 14.2. The Kier molecular flexibility index (Phi) is 11.4. The van der Waals surface area contributed by atoms with Crippen LogP contribution in [-0.4, -0.2) is 41.0 Å². The summed E-state index contributed by atoms with van der Waals surface area (Å²) < 4.78 is 5.44. The maximum Gasteiger partial charge on any atom is 0.408 e. The molecule has 2 aromatic carbocycles. The molecule has 2 unspecified atom stereocenters. The van der Waals surface area contributed by atoms with Crippen LogP contribution < -0.4 is 10.6 Å². The van der Waals surface area contributed by atoms with Gasteiger partial charge in [-0.25, -0.2) is 4.79 Å². The van der Waals surface area contributed by atoms with Crippen LogP contribution in [0.5, 0.6) is 0 Å². The van der Waals surface area contributed by atoms with Gasteiger partial charge in [0.15, 0.2) is 0 Å². The fourth-order valence-corrected chi connectivity index (χ4v) is 4.71. The van der Waals surface area contributed by atoms with Gasteiger partial charge in [0.25, 0.3) is 5.91 Å². The van der Waals surface area contributed by atoms with E-state index in [4.69, 9.17) is 16.3 Å². The fourth-order valence-electron chi connectivity index (χ4n) is 4.44. The van der Waals surface area contributed by atoms with Crippen LogP contribution in [-0.2, 0) is 14.3 Å². The van der Waals surface area contributed by atoms with Crippen molar-refractivity contribution in [2.45, 2.75) is 92.8 Å². The Balaban J connectivity index is 2.61. The Labute approximate surface area is 238 Å². The van der Waals surface area contributed by atoms with E-state index >= 15 is 0 Å². The Morgan fingerprint density at radius 2 is 1.64 bits per heavy atom. The van der Waals surface area contributed by atoms with Crippen molar-refractivity contribution in [3.8, 4) is 0 Å². The zero-order valence-electron chi connectivity index (χ0n) is 24.8. The van der Waals surface area contributed by atoms with Crippen LogP contribution in [0.2, 0.25) is 5.02 Å². The molecule has 39 heavy (non-hydrogen) atoms. The topological polar surface area (TPSA) is 87.7 Å². The molecule has 0 spiro atoms. The summed E-state index contributed by atoms with van der Waals surface area (Å²) in [5.74, 6) is -0.970. The number of hydrogen-bond donors (Lipinski definition) is 2. The largest absolute Gasteiger partial charge is 0.444 e. The summed E-state index contributed by atoms with van der Waals surface area (Å²) in [6.45, 7) is 17.2. The van der Waals surface area contributed by atoms with Crippen molar-refractivity contribution in [1.29, 1.82) is 0 Å². The van der Waals surface area contributed by atoms with Gasteiger partial charge >= 0.3 is 6.09 Å². The Morgan fingerprint density at radius 1 is 1.03 bits per heavy atom. The average Bonchev–Trinajstić information content (AvgIpc) is 2.80. The molecular formula is C31H44ClN3O4. The second-order valence-corrected chi connectivity index (χ2v) is 11.9. The van der Waals surface area contributed by atoms with Crippen LogP contribution in [0.25, 0.3) is 0 Å². The van der Waals surface area contributed by atoms with Crippen LogP contribution >= 0.6 is 11.6 Å². The highest BCUT2D eigenvalue weighted by Crippen LogP contribution is 2.31. The van der Waals surface area contributed by atoms with Gasteiger partial charge in [-0.1, -0.05) is 80.3 Å². The lowest BCUT2D eigenvalue weighted by Gasteiger charge is -2.36. The van der Waals surface area contributed by atoms with E-state index < -0.39 is 23.8 Å².